The Kier molecular flexibility index (Phi) is 3.57. The summed E-state index contributed by atoms with van der Waals surface area (Å²) in [6.45, 7) is 7.94. The van der Waals surface area contributed by atoms with E-state index in [1.165, 1.54) is 19.6 Å². The summed E-state index contributed by atoms with van der Waals surface area (Å²) < 4.78 is 11.2. The standard InChI is InChI=1S/C10H20N2OS/c1-9-6-11-7-10(9)8-12-2-4-14(13)5-3-12/h9-11H,2-8H2,1H3/t9-,10+/m1/s1. The molecule has 0 amide bonds. The van der Waals surface area contributed by atoms with Gasteiger partial charge in [0.2, 0.25) is 0 Å². The van der Waals surface area contributed by atoms with Crippen LogP contribution in [-0.4, -0.2) is 53.3 Å². The molecule has 2 aliphatic rings. The summed E-state index contributed by atoms with van der Waals surface area (Å²) in [7, 11) is -0.530. The molecule has 0 spiro atoms. The Morgan fingerprint density at radius 2 is 2.07 bits per heavy atom. The largest absolute Gasteiger partial charge is 0.316 e. The zero-order valence-corrected chi connectivity index (χ0v) is 9.68. The first-order valence-electron chi connectivity index (χ1n) is 5.54. The van der Waals surface area contributed by atoms with E-state index in [1.54, 1.807) is 0 Å². The average molecular weight is 216 g/mol. The molecule has 0 unspecified atom stereocenters. The third kappa shape index (κ3) is 2.55. The van der Waals surface area contributed by atoms with Crippen LogP contribution in [0.5, 0.6) is 0 Å². The molecule has 2 fully saturated rings. The summed E-state index contributed by atoms with van der Waals surface area (Å²) in [6.07, 6.45) is 0. The summed E-state index contributed by atoms with van der Waals surface area (Å²) >= 11 is 0. The Morgan fingerprint density at radius 1 is 1.36 bits per heavy atom. The monoisotopic (exact) mass is 216 g/mol. The topological polar surface area (TPSA) is 32.3 Å². The van der Waals surface area contributed by atoms with Crippen LogP contribution in [0.25, 0.3) is 0 Å². The van der Waals surface area contributed by atoms with Crippen molar-refractivity contribution in [3.05, 3.63) is 0 Å². The van der Waals surface area contributed by atoms with Gasteiger partial charge in [-0.3, -0.25) is 4.21 Å². The molecule has 0 bridgehead atoms. The van der Waals surface area contributed by atoms with Gasteiger partial charge in [0.1, 0.15) is 0 Å². The van der Waals surface area contributed by atoms with E-state index in [1.807, 2.05) is 0 Å². The molecule has 0 aromatic rings. The maximum atomic E-state index is 11.2. The number of hydrogen-bond donors (Lipinski definition) is 1. The number of hydrogen-bond acceptors (Lipinski definition) is 3. The fourth-order valence-corrected chi connectivity index (χ4v) is 3.43. The number of rotatable bonds is 2. The van der Waals surface area contributed by atoms with Gasteiger partial charge in [0.05, 0.1) is 0 Å². The first kappa shape index (κ1) is 10.6. The highest BCUT2D eigenvalue weighted by molar-refractivity contribution is 7.85. The first-order valence-corrected chi connectivity index (χ1v) is 7.02. The fourth-order valence-electron chi connectivity index (χ4n) is 2.30. The van der Waals surface area contributed by atoms with Crippen molar-refractivity contribution in [2.45, 2.75) is 6.92 Å². The van der Waals surface area contributed by atoms with Crippen molar-refractivity contribution in [1.29, 1.82) is 0 Å². The second kappa shape index (κ2) is 4.73. The molecule has 0 aliphatic carbocycles. The van der Waals surface area contributed by atoms with Gasteiger partial charge in [-0.15, -0.1) is 0 Å². The van der Waals surface area contributed by atoms with E-state index in [4.69, 9.17) is 0 Å². The van der Waals surface area contributed by atoms with E-state index in [9.17, 15) is 4.21 Å². The van der Waals surface area contributed by atoms with Crippen molar-refractivity contribution >= 4 is 10.8 Å². The lowest BCUT2D eigenvalue weighted by molar-refractivity contribution is 0.235. The van der Waals surface area contributed by atoms with Crippen molar-refractivity contribution in [2.24, 2.45) is 11.8 Å². The minimum absolute atomic E-state index is 0.530. The third-order valence-corrected chi connectivity index (χ3v) is 4.72. The Bertz CT molecular complexity index is 212. The van der Waals surface area contributed by atoms with Crippen molar-refractivity contribution in [3.8, 4) is 0 Å². The van der Waals surface area contributed by atoms with Gasteiger partial charge >= 0.3 is 0 Å². The van der Waals surface area contributed by atoms with Gasteiger partial charge in [0.15, 0.2) is 0 Å². The van der Waals surface area contributed by atoms with Crippen LogP contribution >= 0.6 is 0 Å². The molecular weight excluding hydrogens is 196 g/mol. The summed E-state index contributed by atoms with van der Waals surface area (Å²) in [6, 6.07) is 0. The normalized spacial score (nSPS) is 36.4. The van der Waals surface area contributed by atoms with Gasteiger partial charge in [-0.05, 0) is 24.9 Å². The van der Waals surface area contributed by atoms with E-state index in [0.717, 1.165) is 36.4 Å². The minimum atomic E-state index is -0.530. The minimum Gasteiger partial charge on any atom is -0.316 e. The summed E-state index contributed by atoms with van der Waals surface area (Å²) in [5.74, 6) is 3.38. The summed E-state index contributed by atoms with van der Waals surface area (Å²) in [5, 5.41) is 3.43. The lowest BCUT2D eigenvalue weighted by Gasteiger charge is -2.29. The molecule has 0 aromatic heterocycles. The molecule has 0 radical (unpaired) electrons. The van der Waals surface area contributed by atoms with Gasteiger partial charge < -0.3 is 10.2 Å². The molecule has 0 saturated carbocycles. The average Bonchev–Trinajstić information content (AvgIpc) is 2.56. The van der Waals surface area contributed by atoms with Crippen LogP contribution in [0.1, 0.15) is 6.92 Å². The van der Waals surface area contributed by atoms with Crippen LogP contribution in [0.4, 0.5) is 0 Å². The smallest absolute Gasteiger partial charge is 0.0363 e. The lowest BCUT2D eigenvalue weighted by Crippen LogP contribution is -2.41. The van der Waals surface area contributed by atoms with Crippen LogP contribution in [0.15, 0.2) is 0 Å². The Balaban J connectivity index is 1.77. The van der Waals surface area contributed by atoms with E-state index in [0.29, 0.717) is 0 Å². The van der Waals surface area contributed by atoms with Crippen LogP contribution in [0, 0.1) is 11.8 Å². The highest BCUT2D eigenvalue weighted by Crippen LogP contribution is 2.17. The van der Waals surface area contributed by atoms with Crippen molar-refractivity contribution in [3.63, 3.8) is 0 Å². The van der Waals surface area contributed by atoms with Gasteiger partial charge in [-0.2, -0.15) is 0 Å². The van der Waals surface area contributed by atoms with Gasteiger partial charge in [0.25, 0.3) is 0 Å². The van der Waals surface area contributed by atoms with E-state index < -0.39 is 10.8 Å². The van der Waals surface area contributed by atoms with E-state index >= 15 is 0 Å². The molecule has 3 nitrogen and oxygen atoms in total. The molecule has 2 rings (SSSR count). The highest BCUT2D eigenvalue weighted by atomic mass is 32.2. The molecule has 1 N–H and O–H groups in total. The second-order valence-corrected chi connectivity index (χ2v) is 6.24. The molecule has 4 heteroatoms. The molecular formula is C10H20N2OS. The number of nitrogens with one attached hydrogen (secondary N) is 1. The van der Waals surface area contributed by atoms with Crippen LogP contribution < -0.4 is 5.32 Å². The van der Waals surface area contributed by atoms with E-state index in [2.05, 4.69) is 17.1 Å². The van der Waals surface area contributed by atoms with Crippen molar-refractivity contribution in [1.82, 2.24) is 10.2 Å². The van der Waals surface area contributed by atoms with Gasteiger partial charge in [-0.1, -0.05) is 6.92 Å². The molecule has 2 aliphatic heterocycles. The Labute approximate surface area is 88.7 Å². The first-order chi connectivity index (χ1) is 6.75. The Morgan fingerprint density at radius 3 is 2.64 bits per heavy atom. The van der Waals surface area contributed by atoms with Crippen molar-refractivity contribution in [2.75, 3.05) is 44.2 Å². The van der Waals surface area contributed by atoms with Gasteiger partial charge in [0, 0.05) is 41.9 Å². The number of nitrogens with zero attached hydrogens (tertiary/aromatic N) is 1. The third-order valence-electron chi connectivity index (χ3n) is 3.44. The molecule has 82 valence electrons. The lowest BCUT2D eigenvalue weighted by atomic mass is 9.97. The predicted molar refractivity (Wildman–Crippen MR) is 59.8 cm³/mol. The maximum Gasteiger partial charge on any atom is 0.0363 e. The molecule has 14 heavy (non-hydrogen) atoms. The summed E-state index contributed by atoms with van der Waals surface area (Å²) in [5.41, 5.74) is 0. The second-order valence-electron chi connectivity index (χ2n) is 4.54. The highest BCUT2D eigenvalue weighted by Gasteiger charge is 2.26. The zero-order chi connectivity index (χ0) is 9.97. The predicted octanol–water partition coefficient (Wildman–Crippen LogP) is -0.0938. The maximum absolute atomic E-state index is 11.2. The SMILES string of the molecule is C[C@@H]1CNC[C@H]1CN1CCS(=O)CC1. The van der Waals surface area contributed by atoms with Gasteiger partial charge in [-0.25, -0.2) is 0 Å². The van der Waals surface area contributed by atoms with Crippen molar-refractivity contribution < 1.29 is 4.21 Å². The molecule has 0 aromatic carbocycles. The molecule has 2 atom stereocenters. The Hall–Kier alpha value is 0.0700. The quantitative estimate of drug-likeness (QED) is 0.700. The van der Waals surface area contributed by atoms with Crippen LogP contribution in [-0.2, 0) is 10.8 Å². The summed E-state index contributed by atoms with van der Waals surface area (Å²) in [4.78, 5) is 2.48. The zero-order valence-electron chi connectivity index (χ0n) is 8.87. The van der Waals surface area contributed by atoms with Crippen LogP contribution in [0.2, 0.25) is 0 Å². The van der Waals surface area contributed by atoms with Crippen LogP contribution in [0.3, 0.4) is 0 Å². The molecule has 2 saturated heterocycles. The molecule has 2 heterocycles. The van der Waals surface area contributed by atoms with E-state index in [-0.39, 0.29) is 0 Å². The fraction of sp³-hybridized carbons (Fsp3) is 1.00.